The minimum Gasteiger partial charge on any atom is -0.313 e. The monoisotopic (exact) mass is 318 g/mol. The Morgan fingerprint density at radius 2 is 1.86 bits per heavy atom. The van der Waals surface area contributed by atoms with Crippen molar-refractivity contribution in [2.45, 2.75) is 4.90 Å². The number of hydrogen-bond acceptors (Lipinski definition) is 5. The van der Waals surface area contributed by atoms with Gasteiger partial charge in [-0.25, -0.2) is 13.2 Å². The molecule has 0 atom stereocenters. The predicted molar refractivity (Wildman–Crippen MR) is 80.2 cm³/mol. The summed E-state index contributed by atoms with van der Waals surface area (Å²) in [6.45, 7) is 0. The number of para-hydroxylation sites is 1. The molecule has 1 aromatic carbocycles. The van der Waals surface area contributed by atoms with Crippen LogP contribution in [0.2, 0.25) is 0 Å². The molecule has 112 valence electrons. The van der Waals surface area contributed by atoms with Crippen molar-refractivity contribution in [2.75, 3.05) is 4.72 Å². The van der Waals surface area contributed by atoms with E-state index < -0.39 is 26.2 Å². The zero-order chi connectivity index (χ0) is 15.7. The summed E-state index contributed by atoms with van der Waals surface area (Å²) in [5.41, 5.74) is -1.08. The van der Waals surface area contributed by atoms with E-state index in [1.807, 2.05) is 4.98 Å². The van der Waals surface area contributed by atoms with E-state index in [2.05, 4.69) is 14.7 Å². The van der Waals surface area contributed by atoms with Crippen LogP contribution in [-0.4, -0.2) is 23.4 Å². The van der Waals surface area contributed by atoms with E-state index >= 15 is 0 Å². The van der Waals surface area contributed by atoms with Gasteiger partial charge in [-0.3, -0.25) is 19.5 Å². The smallest absolute Gasteiger partial charge is 0.313 e. The van der Waals surface area contributed by atoms with Crippen LogP contribution in [0.15, 0.2) is 57.2 Å². The van der Waals surface area contributed by atoms with Gasteiger partial charge >= 0.3 is 5.69 Å². The molecule has 9 heteroatoms. The summed E-state index contributed by atoms with van der Waals surface area (Å²) in [4.78, 5) is 30.1. The predicted octanol–water partition coefficient (Wildman–Crippen LogP) is 0.412. The SMILES string of the molecule is O=c1[nH]cc(S(=O)(=O)Nc2cccc3cccnc23)c(=O)[nH]1. The molecule has 8 nitrogen and oxygen atoms in total. The summed E-state index contributed by atoms with van der Waals surface area (Å²) in [5, 5.41) is 0.748. The maximum Gasteiger partial charge on any atom is 0.325 e. The lowest BCUT2D eigenvalue weighted by Gasteiger charge is -2.09. The molecule has 0 amide bonds. The fraction of sp³-hybridized carbons (Fsp3) is 0. The fourth-order valence-corrected chi connectivity index (χ4v) is 3.06. The van der Waals surface area contributed by atoms with Crippen molar-refractivity contribution < 1.29 is 8.42 Å². The van der Waals surface area contributed by atoms with Crippen LogP contribution in [0, 0.1) is 0 Å². The molecule has 0 aliphatic heterocycles. The Kier molecular flexibility index (Phi) is 3.26. The van der Waals surface area contributed by atoms with Crippen LogP contribution in [0.25, 0.3) is 10.9 Å². The van der Waals surface area contributed by atoms with Gasteiger partial charge in [-0.15, -0.1) is 0 Å². The van der Waals surface area contributed by atoms with Gasteiger partial charge in [0.2, 0.25) is 0 Å². The first-order valence-corrected chi connectivity index (χ1v) is 7.64. The molecule has 0 spiro atoms. The Hall–Kier alpha value is -2.94. The summed E-state index contributed by atoms with van der Waals surface area (Å²) in [6.07, 6.45) is 2.38. The average molecular weight is 318 g/mol. The molecule has 0 radical (unpaired) electrons. The number of pyridine rings is 1. The van der Waals surface area contributed by atoms with Crippen molar-refractivity contribution in [1.82, 2.24) is 15.0 Å². The van der Waals surface area contributed by atoms with Crippen LogP contribution in [0.4, 0.5) is 5.69 Å². The molecule has 0 saturated carbocycles. The van der Waals surface area contributed by atoms with Crippen molar-refractivity contribution in [1.29, 1.82) is 0 Å². The first-order valence-electron chi connectivity index (χ1n) is 6.16. The second-order valence-electron chi connectivity index (χ2n) is 4.42. The molecule has 3 aromatic rings. The number of nitrogens with one attached hydrogen (secondary N) is 3. The normalized spacial score (nSPS) is 11.5. The van der Waals surface area contributed by atoms with E-state index in [-0.39, 0.29) is 5.69 Å². The van der Waals surface area contributed by atoms with Crippen LogP contribution < -0.4 is 16.0 Å². The maximum atomic E-state index is 12.3. The summed E-state index contributed by atoms with van der Waals surface area (Å²) in [5.74, 6) is 0. The van der Waals surface area contributed by atoms with Gasteiger partial charge in [0.05, 0.1) is 11.2 Å². The van der Waals surface area contributed by atoms with Crippen LogP contribution >= 0.6 is 0 Å². The van der Waals surface area contributed by atoms with E-state index in [0.29, 0.717) is 5.52 Å². The van der Waals surface area contributed by atoms with Gasteiger partial charge in [0, 0.05) is 17.8 Å². The number of aromatic amines is 2. The number of anilines is 1. The van der Waals surface area contributed by atoms with E-state index in [4.69, 9.17) is 0 Å². The largest absolute Gasteiger partial charge is 0.325 e. The van der Waals surface area contributed by atoms with Crippen molar-refractivity contribution in [3.63, 3.8) is 0 Å². The van der Waals surface area contributed by atoms with Gasteiger partial charge in [-0.1, -0.05) is 18.2 Å². The molecule has 0 saturated heterocycles. The van der Waals surface area contributed by atoms with Gasteiger partial charge in [-0.2, -0.15) is 0 Å². The molecular formula is C13H10N4O4S. The Bertz CT molecular complexity index is 1060. The zero-order valence-electron chi connectivity index (χ0n) is 11.0. The second kappa shape index (κ2) is 5.11. The van der Waals surface area contributed by atoms with Gasteiger partial charge in [0.15, 0.2) is 4.90 Å². The lowest BCUT2D eigenvalue weighted by Crippen LogP contribution is -2.29. The molecule has 3 rings (SSSR count). The highest BCUT2D eigenvalue weighted by molar-refractivity contribution is 7.92. The number of nitrogens with zero attached hydrogens (tertiary/aromatic N) is 1. The summed E-state index contributed by atoms with van der Waals surface area (Å²) in [6, 6.07) is 8.50. The van der Waals surface area contributed by atoms with E-state index in [0.717, 1.165) is 11.6 Å². The fourth-order valence-electron chi connectivity index (χ4n) is 1.98. The van der Waals surface area contributed by atoms with Crippen molar-refractivity contribution in [2.24, 2.45) is 0 Å². The molecule has 2 aromatic heterocycles. The van der Waals surface area contributed by atoms with Gasteiger partial charge in [0.25, 0.3) is 15.6 Å². The zero-order valence-corrected chi connectivity index (χ0v) is 11.8. The quantitative estimate of drug-likeness (QED) is 0.645. The minimum atomic E-state index is -4.16. The number of sulfonamides is 1. The highest BCUT2D eigenvalue weighted by Crippen LogP contribution is 2.22. The van der Waals surface area contributed by atoms with Crippen molar-refractivity contribution in [3.05, 3.63) is 63.6 Å². The molecule has 3 N–H and O–H groups in total. The third-order valence-corrected chi connectivity index (χ3v) is 4.32. The average Bonchev–Trinajstić information content (AvgIpc) is 2.47. The maximum absolute atomic E-state index is 12.3. The van der Waals surface area contributed by atoms with Crippen molar-refractivity contribution in [3.8, 4) is 0 Å². The topological polar surface area (TPSA) is 125 Å². The number of fused-ring (bicyclic) bond motifs is 1. The molecular weight excluding hydrogens is 308 g/mol. The minimum absolute atomic E-state index is 0.240. The number of rotatable bonds is 3. The molecule has 0 aliphatic rings. The van der Waals surface area contributed by atoms with E-state index in [9.17, 15) is 18.0 Å². The molecule has 0 fully saturated rings. The number of hydrogen-bond donors (Lipinski definition) is 3. The first-order chi connectivity index (χ1) is 10.5. The third-order valence-electron chi connectivity index (χ3n) is 2.95. The van der Waals surface area contributed by atoms with Crippen LogP contribution in [0.3, 0.4) is 0 Å². The highest BCUT2D eigenvalue weighted by atomic mass is 32.2. The molecule has 0 aliphatic carbocycles. The first kappa shape index (κ1) is 14.0. The Balaban J connectivity index is 2.11. The Morgan fingerprint density at radius 3 is 2.64 bits per heavy atom. The number of H-pyrrole nitrogens is 2. The number of benzene rings is 1. The lowest BCUT2D eigenvalue weighted by atomic mass is 10.2. The molecule has 22 heavy (non-hydrogen) atoms. The number of aromatic nitrogens is 3. The standard InChI is InChI=1S/C13H10N4O4S/c18-12-10(7-15-13(19)16-12)22(20,21)17-9-5-1-3-8-4-2-6-14-11(8)9/h1-7,17H,(H2,15,16,18,19). The summed E-state index contributed by atoms with van der Waals surface area (Å²) in [7, 11) is -4.16. The summed E-state index contributed by atoms with van der Waals surface area (Å²) >= 11 is 0. The Labute approximate surface area is 123 Å². The second-order valence-corrected chi connectivity index (χ2v) is 6.07. The molecule has 0 bridgehead atoms. The van der Waals surface area contributed by atoms with E-state index in [1.54, 1.807) is 24.3 Å². The Morgan fingerprint density at radius 1 is 1.09 bits per heavy atom. The molecule has 2 heterocycles. The van der Waals surface area contributed by atoms with Crippen molar-refractivity contribution >= 4 is 26.6 Å². The third kappa shape index (κ3) is 2.49. The molecule has 0 unspecified atom stereocenters. The van der Waals surface area contributed by atoms with Crippen LogP contribution in [0.5, 0.6) is 0 Å². The van der Waals surface area contributed by atoms with Gasteiger partial charge in [0.1, 0.15) is 0 Å². The van der Waals surface area contributed by atoms with Gasteiger partial charge < -0.3 is 4.98 Å². The van der Waals surface area contributed by atoms with Gasteiger partial charge in [-0.05, 0) is 12.1 Å². The lowest BCUT2D eigenvalue weighted by molar-refractivity contribution is 0.599. The van der Waals surface area contributed by atoms with Crippen LogP contribution in [-0.2, 0) is 10.0 Å². The summed E-state index contributed by atoms with van der Waals surface area (Å²) < 4.78 is 26.9. The van der Waals surface area contributed by atoms with Crippen LogP contribution in [0.1, 0.15) is 0 Å². The van der Waals surface area contributed by atoms with E-state index in [1.165, 1.54) is 12.3 Å². The highest BCUT2D eigenvalue weighted by Gasteiger charge is 2.20.